The van der Waals surface area contributed by atoms with Gasteiger partial charge in [-0.25, -0.2) is 9.78 Å². The SMILES string of the molecule is O=C(O)c1nc(-c2ccc(Br)s2)n2ccncc12. The Morgan fingerprint density at radius 3 is 2.94 bits per heavy atom. The molecule has 0 fully saturated rings. The molecule has 0 radical (unpaired) electrons. The van der Waals surface area contributed by atoms with Gasteiger partial charge in [0.2, 0.25) is 0 Å². The summed E-state index contributed by atoms with van der Waals surface area (Å²) < 4.78 is 2.70. The van der Waals surface area contributed by atoms with E-state index in [9.17, 15) is 4.79 Å². The molecule has 0 atom stereocenters. The number of halogens is 1. The van der Waals surface area contributed by atoms with Gasteiger partial charge in [0.25, 0.3) is 0 Å². The van der Waals surface area contributed by atoms with E-state index in [4.69, 9.17) is 5.11 Å². The zero-order valence-electron chi connectivity index (χ0n) is 8.87. The fraction of sp³-hybridized carbons (Fsp3) is 0. The van der Waals surface area contributed by atoms with E-state index < -0.39 is 5.97 Å². The first-order valence-electron chi connectivity index (χ1n) is 4.98. The number of carboxylic acids is 1. The van der Waals surface area contributed by atoms with Crippen molar-refractivity contribution in [2.24, 2.45) is 0 Å². The number of carboxylic acid groups (broad SMARTS) is 1. The van der Waals surface area contributed by atoms with Crippen LogP contribution >= 0.6 is 27.3 Å². The van der Waals surface area contributed by atoms with Crippen molar-refractivity contribution in [1.29, 1.82) is 0 Å². The molecule has 0 aromatic carbocycles. The van der Waals surface area contributed by atoms with Crippen LogP contribution in [0.2, 0.25) is 0 Å². The molecular formula is C11H6BrN3O2S. The normalized spacial score (nSPS) is 10.9. The molecule has 3 aromatic heterocycles. The number of nitrogens with zero attached hydrogens (tertiary/aromatic N) is 3. The molecule has 0 amide bonds. The molecule has 90 valence electrons. The van der Waals surface area contributed by atoms with E-state index in [0.717, 1.165) is 8.66 Å². The maximum Gasteiger partial charge on any atom is 0.356 e. The fourth-order valence-corrected chi connectivity index (χ4v) is 3.08. The van der Waals surface area contributed by atoms with Crippen LogP contribution in [0.3, 0.4) is 0 Å². The number of hydrogen-bond acceptors (Lipinski definition) is 4. The van der Waals surface area contributed by atoms with E-state index in [1.807, 2.05) is 12.1 Å². The van der Waals surface area contributed by atoms with Gasteiger partial charge in [0.05, 0.1) is 20.4 Å². The third kappa shape index (κ3) is 1.72. The minimum atomic E-state index is -1.05. The molecule has 3 heterocycles. The number of carbonyl (C=O) groups is 1. The minimum absolute atomic E-state index is 0.0163. The molecule has 0 aliphatic carbocycles. The van der Waals surface area contributed by atoms with Crippen molar-refractivity contribution in [3.05, 3.63) is 40.2 Å². The van der Waals surface area contributed by atoms with E-state index in [1.165, 1.54) is 17.5 Å². The molecule has 3 aromatic rings. The molecule has 0 spiro atoms. The van der Waals surface area contributed by atoms with Crippen LogP contribution in [0.25, 0.3) is 16.2 Å². The van der Waals surface area contributed by atoms with Gasteiger partial charge in [0.1, 0.15) is 0 Å². The largest absolute Gasteiger partial charge is 0.476 e. The molecule has 0 saturated carbocycles. The van der Waals surface area contributed by atoms with Gasteiger partial charge in [-0.3, -0.25) is 9.38 Å². The Hall–Kier alpha value is -1.73. The van der Waals surface area contributed by atoms with Crippen LogP contribution in [0.15, 0.2) is 34.5 Å². The Morgan fingerprint density at radius 1 is 1.44 bits per heavy atom. The van der Waals surface area contributed by atoms with Gasteiger partial charge >= 0.3 is 5.97 Å². The number of imidazole rings is 1. The third-order valence-corrected chi connectivity index (χ3v) is 4.06. The van der Waals surface area contributed by atoms with Crippen LogP contribution in [-0.4, -0.2) is 25.4 Å². The van der Waals surface area contributed by atoms with E-state index >= 15 is 0 Å². The number of hydrogen-bond donors (Lipinski definition) is 1. The first kappa shape index (κ1) is 11.4. The predicted molar refractivity (Wildman–Crippen MR) is 71.0 cm³/mol. The second kappa shape index (κ2) is 4.18. The lowest BCUT2D eigenvalue weighted by molar-refractivity contribution is 0.0693. The summed E-state index contributed by atoms with van der Waals surface area (Å²) in [7, 11) is 0. The molecule has 7 heteroatoms. The Labute approximate surface area is 114 Å². The second-order valence-corrected chi connectivity index (χ2v) is 5.99. The first-order chi connectivity index (χ1) is 8.66. The highest BCUT2D eigenvalue weighted by molar-refractivity contribution is 9.11. The van der Waals surface area contributed by atoms with Crippen molar-refractivity contribution in [3.63, 3.8) is 0 Å². The highest BCUT2D eigenvalue weighted by atomic mass is 79.9. The Kier molecular flexibility index (Phi) is 2.64. The lowest BCUT2D eigenvalue weighted by Gasteiger charge is -1.96. The zero-order valence-corrected chi connectivity index (χ0v) is 11.3. The van der Waals surface area contributed by atoms with E-state index in [2.05, 4.69) is 25.9 Å². The van der Waals surface area contributed by atoms with Gasteiger partial charge in [-0.05, 0) is 28.1 Å². The van der Waals surface area contributed by atoms with Crippen molar-refractivity contribution in [2.45, 2.75) is 0 Å². The average molecular weight is 324 g/mol. The Bertz CT molecular complexity index is 750. The molecule has 0 saturated heterocycles. The molecule has 0 aliphatic heterocycles. The van der Waals surface area contributed by atoms with Crippen molar-refractivity contribution < 1.29 is 9.90 Å². The summed E-state index contributed by atoms with van der Waals surface area (Å²) >= 11 is 4.88. The quantitative estimate of drug-likeness (QED) is 0.787. The second-order valence-electron chi connectivity index (χ2n) is 3.52. The van der Waals surface area contributed by atoms with Gasteiger partial charge in [0, 0.05) is 12.4 Å². The van der Waals surface area contributed by atoms with Crippen molar-refractivity contribution >= 4 is 38.8 Å². The number of aromatic nitrogens is 3. The molecule has 0 unspecified atom stereocenters. The van der Waals surface area contributed by atoms with Crippen LogP contribution in [0.5, 0.6) is 0 Å². The number of aromatic carboxylic acids is 1. The summed E-state index contributed by atoms with van der Waals surface area (Å²) in [5, 5.41) is 9.14. The van der Waals surface area contributed by atoms with E-state index in [-0.39, 0.29) is 5.69 Å². The van der Waals surface area contributed by atoms with Crippen molar-refractivity contribution in [2.75, 3.05) is 0 Å². The molecule has 0 aliphatic rings. The molecular weight excluding hydrogens is 318 g/mol. The van der Waals surface area contributed by atoms with Gasteiger partial charge < -0.3 is 5.11 Å². The summed E-state index contributed by atoms with van der Waals surface area (Å²) in [5.74, 6) is -0.442. The zero-order chi connectivity index (χ0) is 12.7. The van der Waals surface area contributed by atoms with Crippen LogP contribution in [0.4, 0.5) is 0 Å². The number of rotatable bonds is 2. The van der Waals surface area contributed by atoms with Gasteiger partial charge in [-0.15, -0.1) is 11.3 Å². The van der Waals surface area contributed by atoms with Crippen LogP contribution in [-0.2, 0) is 0 Å². The summed E-state index contributed by atoms with van der Waals surface area (Å²) in [6.45, 7) is 0. The topological polar surface area (TPSA) is 67.5 Å². The summed E-state index contributed by atoms with van der Waals surface area (Å²) in [6.07, 6.45) is 4.81. The smallest absolute Gasteiger partial charge is 0.356 e. The highest BCUT2D eigenvalue weighted by Crippen LogP contribution is 2.31. The molecule has 1 N–H and O–H groups in total. The van der Waals surface area contributed by atoms with E-state index in [0.29, 0.717) is 11.3 Å². The maximum atomic E-state index is 11.2. The van der Waals surface area contributed by atoms with Crippen molar-refractivity contribution in [1.82, 2.24) is 14.4 Å². The lowest BCUT2D eigenvalue weighted by atomic mass is 10.4. The fourth-order valence-electron chi connectivity index (χ4n) is 1.70. The average Bonchev–Trinajstić information content (AvgIpc) is 2.92. The highest BCUT2D eigenvalue weighted by Gasteiger charge is 2.18. The maximum absolute atomic E-state index is 11.2. The predicted octanol–water partition coefficient (Wildman–Crippen LogP) is 2.92. The molecule has 5 nitrogen and oxygen atoms in total. The van der Waals surface area contributed by atoms with Crippen LogP contribution in [0, 0.1) is 0 Å². The minimum Gasteiger partial charge on any atom is -0.476 e. The van der Waals surface area contributed by atoms with Gasteiger partial charge in [-0.1, -0.05) is 0 Å². The number of thiophene rings is 1. The summed E-state index contributed by atoms with van der Waals surface area (Å²) in [4.78, 5) is 20.2. The van der Waals surface area contributed by atoms with E-state index in [1.54, 1.807) is 16.8 Å². The number of fused-ring (bicyclic) bond motifs is 1. The van der Waals surface area contributed by atoms with Crippen molar-refractivity contribution in [3.8, 4) is 10.7 Å². The third-order valence-electron chi connectivity index (χ3n) is 2.44. The summed E-state index contributed by atoms with van der Waals surface area (Å²) in [6, 6.07) is 3.80. The van der Waals surface area contributed by atoms with Crippen LogP contribution in [0.1, 0.15) is 10.5 Å². The van der Waals surface area contributed by atoms with Crippen LogP contribution < -0.4 is 0 Å². The summed E-state index contributed by atoms with van der Waals surface area (Å²) in [5.41, 5.74) is 0.507. The monoisotopic (exact) mass is 323 g/mol. The van der Waals surface area contributed by atoms with Gasteiger partial charge in [0.15, 0.2) is 11.5 Å². The molecule has 0 bridgehead atoms. The van der Waals surface area contributed by atoms with Gasteiger partial charge in [-0.2, -0.15) is 0 Å². The standard InChI is InChI=1S/C11H6BrN3O2S/c12-8-2-1-7(18-8)10-14-9(11(16)17)6-5-13-3-4-15(6)10/h1-5H,(H,16,17). The molecule has 18 heavy (non-hydrogen) atoms. The first-order valence-corrected chi connectivity index (χ1v) is 6.59. The molecule has 3 rings (SSSR count). The lowest BCUT2D eigenvalue weighted by Crippen LogP contribution is -1.97. The Morgan fingerprint density at radius 2 is 2.28 bits per heavy atom. The Balaban J connectivity index is 2.33.